The lowest BCUT2D eigenvalue weighted by atomic mass is 10.2. The number of ether oxygens (including phenoxy) is 1. The monoisotopic (exact) mass is 266 g/mol. The molecule has 1 aromatic carbocycles. The van der Waals surface area contributed by atoms with Gasteiger partial charge in [0.15, 0.2) is 0 Å². The standard InChI is InChI=1S/C12H15ClN4O/c1-17(7-8-5-12(14)16-15-8)11-4-3-9(18-2)6-10(11)13/h3-6H,7H2,1-2H3,(H3,14,15,16). The van der Waals surface area contributed by atoms with Crippen LogP contribution in [-0.2, 0) is 6.54 Å². The molecule has 5 nitrogen and oxygen atoms in total. The zero-order valence-corrected chi connectivity index (χ0v) is 11.0. The second-order valence-corrected chi connectivity index (χ2v) is 4.40. The summed E-state index contributed by atoms with van der Waals surface area (Å²) in [5.41, 5.74) is 7.41. The Morgan fingerprint density at radius 1 is 1.44 bits per heavy atom. The van der Waals surface area contributed by atoms with E-state index in [0.717, 1.165) is 17.1 Å². The molecule has 0 saturated carbocycles. The molecule has 96 valence electrons. The van der Waals surface area contributed by atoms with E-state index in [0.29, 0.717) is 17.4 Å². The minimum absolute atomic E-state index is 0.485. The number of methoxy groups -OCH3 is 1. The number of nitrogens with zero attached hydrogens (tertiary/aromatic N) is 2. The van der Waals surface area contributed by atoms with Gasteiger partial charge >= 0.3 is 0 Å². The molecule has 0 aliphatic heterocycles. The Hall–Kier alpha value is -1.88. The van der Waals surface area contributed by atoms with Gasteiger partial charge in [0.25, 0.3) is 0 Å². The van der Waals surface area contributed by atoms with Crippen molar-refractivity contribution < 1.29 is 4.74 Å². The van der Waals surface area contributed by atoms with Gasteiger partial charge in [-0.3, -0.25) is 5.10 Å². The topological polar surface area (TPSA) is 67.2 Å². The summed E-state index contributed by atoms with van der Waals surface area (Å²) in [6, 6.07) is 7.38. The molecular weight excluding hydrogens is 252 g/mol. The average molecular weight is 267 g/mol. The Kier molecular flexibility index (Phi) is 3.62. The summed E-state index contributed by atoms with van der Waals surface area (Å²) in [6.45, 7) is 0.649. The number of hydrogen-bond acceptors (Lipinski definition) is 4. The molecular formula is C12H15ClN4O. The van der Waals surface area contributed by atoms with E-state index in [9.17, 15) is 0 Å². The third-order valence-electron chi connectivity index (χ3n) is 2.62. The van der Waals surface area contributed by atoms with Gasteiger partial charge < -0.3 is 15.4 Å². The molecule has 0 unspecified atom stereocenters. The highest BCUT2D eigenvalue weighted by molar-refractivity contribution is 6.33. The molecule has 1 aromatic heterocycles. The van der Waals surface area contributed by atoms with Gasteiger partial charge in [-0.2, -0.15) is 5.10 Å². The van der Waals surface area contributed by atoms with Crippen molar-refractivity contribution in [3.8, 4) is 5.75 Å². The first-order chi connectivity index (χ1) is 8.60. The van der Waals surface area contributed by atoms with Gasteiger partial charge in [0, 0.05) is 19.2 Å². The van der Waals surface area contributed by atoms with Gasteiger partial charge in [0.05, 0.1) is 30.1 Å². The van der Waals surface area contributed by atoms with Gasteiger partial charge in [-0.15, -0.1) is 0 Å². The normalized spacial score (nSPS) is 10.4. The van der Waals surface area contributed by atoms with E-state index in [1.54, 1.807) is 19.2 Å². The van der Waals surface area contributed by atoms with E-state index in [2.05, 4.69) is 10.2 Å². The maximum Gasteiger partial charge on any atom is 0.145 e. The number of aromatic amines is 1. The van der Waals surface area contributed by atoms with E-state index in [1.807, 2.05) is 24.1 Å². The van der Waals surface area contributed by atoms with Crippen LogP contribution in [0.2, 0.25) is 5.02 Å². The first-order valence-electron chi connectivity index (χ1n) is 5.44. The molecule has 6 heteroatoms. The number of hydrogen-bond donors (Lipinski definition) is 2. The van der Waals surface area contributed by atoms with E-state index in [1.165, 1.54) is 0 Å². The fourth-order valence-electron chi connectivity index (χ4n) is 1.73. The van der Waals surface area contributed by atoms with E-state index in [-0.39, 0.29) is 0 Å². The molecule has 0 bridgehead atoms. The van der Waals surface area contributed by atoms with Crippen molar-refractivity contribution in [2.24, 2.45) is 0 Å². The molecule has 0 aliphatic carbocycles. The van der Waals surface area contributed by atoms with Crippen molar-refractivity contribution in [1.29, 1.82) is 0 Å². The van der Waals surface area contributed by atoms with Gasteiger partial charge in [-0.05, 0) is 12.1 Å². The van der Waals surface area contributed by atoms with Crippen LogP contribution in [-0.4, -0.2) is 24.4 Å². The van der Waals surface area contributed by atoms with Crippen LogP contribution in [0.3, 0.4) is 0 Å². The quantitative estimate of drug-likeness (QED) is 0.891. The van der Waals surface area contributed by atoms with Crippen LogP contribution >= 0.6 is 11.6 Å². The summed E-state index contributed by atoms with van der Waals surface area (Å²) in [5.74, 6) is 1.22. The number of H-pyrrole nitrogens is 1. The van der Waals surface area contributed by atoms with Gasteiger partial charge in [-0.1, -0.05) is 11.6 Å². The summed E-state index contributed by atoms with van der Waals surface area (Å²) in [5, 5.41) is 7.39. The fraction of sp³-hybridized carbons (Fsp3) is 0.250. The smallest absolute Gasteiger partial charge is 0.145 e. The van der Waals surface area contributed by atoms with E-state index in [4.69, 9.17) is 22.1 Å². The molecule has 0 fully saturated rings. The lowest BCUT2D eigenvalue weighted by Gasteiger charge is -2.20. The summed E-state index contributed by atoms with van der Waals surface area (Å²) in [7, 11) is 3.56. The fourth-order valence-corrected chi connectivity index (χ4v) is 2.04. The summed E-state index contributed by atoms with van der Waals surface area (Å²) in [4.78, 5) is 2.01. The number of benzene rings is 1. The number of nitrogens with two attached hydrogens (primary N) is 1. The minimum atomic E-state index is 0.485. The van der Waals surface area contributed by atoms with Crippen molar-refractivity contribution in [3.63, 3.8) is 0 Å². The zero-order chi connectivity index (χ0) is 13.1. The summed E-state index contributed by atoms with van der Waals surface area (Å²) < 4.78 is 5.12. The largest absolute Gasteiger partial charge is 0.497 e. The molecule has 3 N–H and O–H groups in total. The summed E-state index contributed by atoms with van der Waals surface area (Å²) >= 11 is 6.20. The van der Waals surface area contributed by atoms with Gasteiger partial charge in [0.1, 0.15) is 11.6 Å². The SMILES string of the molecule is COc1ccc(N(C)Cc2cc(N)n[nH]2)c(Cl)c1. The number of aromatic nitrogens is 2. The second-order valence-electron chi connectivity index (χ2n) is 3.99. The lowest BCUT2D eigenvalue weighted by molar-refractivity contribution is 0.415. The molecule has 0 amide bonds. The Balaban J connectivity index is 2.15. The lowest BCUT2D eigenvalue weighted by Crippen LogP contribution is -2.17. The Morgan fingerprint density at radius 3 is 2.78 bits per heavy atom. The average Bonchev–Trinajstić information content (AvgIpc) is 2.74. The molecule has 2 aromatic rings. The molecule has 0 atom stereocenters. The molecule has 0 radical (unpaired) electrons. The van der Waals surface area contributed by atoms with Gasteiger partial charge in [0.2, 0.25) is 0 Å². The second kappa shape index (κ2) is 5.18. The Morgan fingerprint density at radius 2 is 2.22 bits per heavy atom. The van der Waals surface area contributed by atoms with E-state index < -0.39 is 0 Å². The summed E-state index contributed by atoms with van der Waals surface area (Å²) in [6.07, 6.45) is 0. The van der Waals surface area contributed by atoms with Crippen molar-refractivity contribution in [3.05, 3.63) is 35.0 Å². The number of halogens is 1. The molecule has 2 rings (SSSR count). The van der Waals surface area contributed by atoms with E-state index >= 15 is 0 Å². The molecule has 0 aliphatic rings. The highest BCUT2D eigenvalue weighted by Gasteiger charge is 2.09. The minimum Gasteiger partial charge on any atom is -0.497 e. The van der Waals surface area contributed by atoms with Crippen LogP contribution in [0.15, 0.2) is 24.3 Å². The highest BCUT2D eigenvalue weighted by Crippen LogP contribution is 2.29. The Labute approximate surface area is 110 Å². The maximum atomic E-state index is 6.20. The van der Waals surface area contributed by atoms with Crippen molar-refractivity contribution >= 4 is 23.1 Å². The number of nitrogen functional groups attached to an aromatic ring is 1. The maximum absolute atomic E-state index is 6.20. The van der Waals surface area contributed by atoms with Crippen LogP contribution in [0.25, 0.3) is 0 Å². The van der Waals surface area contributed by atoms with Crippen LogP contribution < -0.4 is 15.4 Å². The predicted octanol–water partition coefficient (Wildman–Crippen LogP) is 2.29. The molecule has 1 heterocycles. The van der Waals surface area contributed by atoms with Crippen molar-refractivity contribution in [1.82, 2.24) is 10.2 Å². The number of rotatable bonds is 4. The van der Waals surface area contributed by atoms with Crippen molar-refractivity contribution in [2.45, 2.75) is 6.54 Å². The Bertz CT molecular complexity index is 541. The molecule has 0 saturated heterocycles. The first kappa shape index (κ1) is 12.6. The third kappa shape index (κ3) is 2.68. The first-order valence-corrected chi connectivity index (χ1v) is 5.82. The van der Waals surface area contributed by atoms with Crippen LogP contribution in [0.5, 0.6) is 5.75 Å². The number of anilines is 2. The predicted molar refractivity (Wildman–Crippen MR) is 73.1 cm³/mol. The molecule has 0 spiro atoms. The van der Waals surface area contributed by atoms with Gasteiger partial charge in [-0.25, -0.2) is 0 Å². The third-order valence-corrected chi connectivity index (χ3v) is 2.93. The van der Waals surface area contributed by atoms with Crippen LogP contribution in [0.1, 0.15) is 5.69 Å². The van der Waals surface area contributed by atoms with Crippen LogP contribution in [0.4, 0.5) is 11.5 Å². The number of nitrogens with one attached hydrogen (secondary N) is 1. The zero-order valence-electron chi connectivity index (χ0n) is 10.3. The highest BCUT2D eigenvalue weighted by atomic mass is 35.5. The molecule has 18 heavy (non-hydrogen) atoms. The van der Waals surface area contributed by atoms with Crippen LogP contribution in [0, 0.1) is 0 Å². The van der Waals surface area contributed by atoms with Crippen molar-refractivity contribution in [2.75, 3.05) is 24.8 Å².